The van der Waals surface area contributed by atoms with Crippen molar-refractivity contribution < 1.29 is 19.1 Å². The van der Waals surface area contributed by atoms with Crippen LogP contribution in [0.1, 0.15) is 26.3 Å². The van der Waals surface area contributed by atoms with E-state index in [1.807, 2.05) is 25.1 Å². The maximum Gasteiger partial charge on any atom is 0.261 e. The Hall–Kier alpha value is -3.80. The van der Waals surface area contributed by atoms with Crippen molar-refractivity contribution in [3.63, 3.8) is 0 Å². The summed E-state index contributed by atoms with van der Waals surface area (Å²) in [5.74, 6) is 1.15. The number of fused-ring (bicyclic) bond motifs is 2. The van der Waals surface area contributed by atoms with Gasteiger partial charge in [0.15, 0.2) is 5.75 Å². The summed E-state index contributed by atoms with van der Waals surface area (Å²) in [6, 6.07) is 17.6. The van der Waals surface area contributed by atoms with Crippen molar-refractivity contribution in [1.82, 2.24) is 0 Å². The first-order chi connectivity index (χ1) is 14.0. The van der Waals surface area contributed by atoms with Crippen LogP contribution in [0.15, 0.2) is 60.7 Å². The van der Waals surface area contributed by atoms with Crippen molar-refractivity contribution in [2.75, 3.05) is 24.4 Å². The van der Waals surface area contributed by atoms with E-state index in [4.69, 9.17) is 9.47 Å². The number of amides is 2. The monoisotopic (exact) mass is 388 g/mol. The average molecular weight is 388 g/mol. The number of aryl methyl sites for hydroxylation is 1. The normalized spacial score (nSPS) is 12.4. The van der Waals surface area contributed by atoms with E-state index in [1.165, 1.54) is 0 Å². The third-order valence-electron chi connectivity index (χ3n) is 4.80. The van der Waals surface area contributed by atoms with Crippen molar-refractivity contribution in [2.24, 2.45) is 0 Å². The van der Waals surface area contributed by atoms with E-state index in [9.17, 15) is 9.59 Å². The molecule has 4 rings (SSSR count). The molecular weight excluding hydrogens is 368 g/mol. The molecule has 2 amide bonds. The molecule has 1 N–H and O–H groups in total. The van der Waals surface area contributed by atoms with Crippen LogP contribution in [0.4, 0.5) is 11.4 Å². The first-order valence-electron chi connectivity index (χ1n) is 9.12. The lowest BCUT2D eigenvalue weighted by molar-refractivity contribution is 0.0990. The number of ether oxygens (including phenoxy) is 2. The molecule has 0 saturated heterocycles. The second-order valence-electron chi connectivity index (χ2n) is 6.83. The molecule has 0 aromatic heterocycles. The highest BCUT2D eigenvalue weighted by molar-refractivity contribution is 6.11. The molecule has 6 heteroatoms. The summed E-state index contributed by atoms with van der Waals surface area (Å²) in [5.41, 5.74) is 3.08. The fourth-order valence-electron chi connectivity index (χ4n) is 3.22. The molecule has 0 atom stereocenters. The number of hydrogen-bond donors (Lipinski definition) is 1. The zero-order valence-electron chi connectivity index (χ0n) is 16.4. The lowest BCUT2D eigenvalue weighted by Gasteiger charge is -2.16. The molecule has 0 saturated carbocycles. The van der Waals surface area contributed by atoms with Gasteiger partial charge in [-0.1, -0.05) is 12.1 Å². The van der Waals surface area contributed by atoms with Crippen LogP contribution in [0.25, 0.3) is 0 Å². The molecule has 146 valence electrons. The molecule has 1 heterocycles. The molecule has 3 aromatic rings. The first-order valence-corrected chi connectivity index (χ1v) is 9.12. The molecule has 3 aromatic carbocycles. The number of benzene rings is 3. The molecule has 0 spiro atoms. The van der Waals surface area contributed by atoms with Gasteiger partial charge in [-0.3, -0.25) is 9.59 Å². The minimum Gasteiger partial charge on any atom is -0.497 e. The number of nitrogens with zero attached hydrogens (tertiary/aromatic N) is 1. The van der Waals surface area contributed by atoms with Crippen LogP contribution in [0, 0.1) is 6.92 Å². The summed E-state index contributed by atoms with van der Waals surface area (Å²) in [6.07, 6.45) is 0. The number of rotatable bonds is 3. The summed E-state index contributed by atoms with van der Waals surface area (Å²) in [4.78, 5) is 27.2. The third-order valence-corrected chi connectivity index (χ3v) is 4.80. The smallest absolute Gasteiger partial charge is 0.261 e. The SMILES string of the molecule is COc1cccc(C(=O)Nc2ccc3c(c2)C(=O)N(C)c2cc(C)ccc2O3)c1. The van der Waals surface area contributed by atoms with Gasteiger partial charge in [0.25, 0.3) is 11.8 Å². The molecule has 29 heavy (non-hydrogen) atoms. The van der Waals surface area contributed by atoms with Crippen molar-refractivity contribution in [3.05, 3.63) is 77.4 Å². The van der Waals surface area contributed by atoms with Crippen molar-refractivity contribution in [2.45, 2.75) is 6.92 Å². The van der Waals surface area contributed by atoms with E-state index in [2.05, 4.69) is 5.32 Å². The van der Waals surface area contributed by atoms with Gasteiger partial charge in [0.1, 0.15) is 11.5 Å². The van der Waals surface area contributed by atoms with Crippen LogP contribution in [0.2, 0.25) is 0 Å². The zero-order valence-corrected chi connectivity index (χ0v) is 16.4. The van der Waals surface area contributed by atoms with Crippen molar-refractivity contribution in [3.8, 4) is 17.2 Å². The fourth-order valence-corrected chi connectivity index (χ4v) is 3.22. The van der Waals surface area contributed by atoms with Gasteiger partial charge in [0, 0.05) is 18.3 Å². The molecule has 0 radical (unpaired) electrons. The fraction of sp³-hybridized carbons (Fsp3) is 0.130. The quantitative estimate of drug-likeness (QED) is 0.710. The average Bonchev–Trinajstić information content (AvgIpc) is 2.83. The highest BCUT2D eigenvalue weighted by Crippen LogP contribution is 2.39. The van der Waals surface area contributed by atoms with Crippen molar-refractivity contribution in [1.29, 1.82) is 0 Å². The largest absolute Gasteiger partial charge is 0.497 e. The third kappa shape index (κ3) is 3.52. The molecule has 0 fully saturated rings. The van der Waals surface area contributed by atoms with E-state index in [0.717, 1.165) is 5.56 Å². The number of carbonyl (C=O) groups excluding carboxylic acids is 2. The topological polar surface area (TPSA) is 67.9 Å². The second kappa shape index (κ2) is 7.31. The van der Waals surface area contributed by atoms with Crippen LogP contribution in [-0.4, -0.2) is 26.0 Å². The predicted molar refractivity (Wildman–Crippen MR) is 111 cm³/mol. The minimum atomic E-state index is -0.293. The summed E-state index contributed by atoms with van der Waals surface area (Å²) < 4.78 is 11.1. The first kappa shape index (κ1) is 18.6. The molecular formula is C23H20N2O4. The minimum absolute atomic E-state index is 0.207. The van der Waals surface area contributed by atoms with Gasteiger partial charge >= 0.3 is 0 Å². The Morgan fingerprint density at radius 1 is 1.03 bits per heavy atom. The number of nitrogens with one attached hydrogen (secondary N) is 1. The van der Waals surface area contributed by atoms with E-state index < -0.39 is 0 Å². The van der Waals surface area contributed by atoms with Crippen LogP contribution in [0.3, 0.4) is 0 Å². The van der Waals surface area contributed by atoms with Crippen LogP contribution in [0.5, 0.6) is 17.2 Å². The molecule has 0 aliphatic carbocycles. The van der Waals surface area contributed by atoms with Gasteiger partial charge in [-0.15, -0.1) is 0 Å². The Bertz CT molecular complexity index is 1120. The Morgan fingerprint density at radius 2 is 1.83 bits per heavy atom. The lowest BCUT2D eigenvalue weighted by Crippen LogP contribution is -2.25. The predicted octanol–water partition coefficient (Wildman–Crippen LogP) is 4.64. The van der Waals surface area contributed by atoms with Crippen LogP contribution in [-0.2, 0) is 0 Å². The zero-order chi connectivity index (χ0) is 20.5. The molecule has 6 nitrogen and oxygen atoms in total. The van der Waals surface area contributed by atoms with Gasteiger partial charge in [-0.2, -0.15) is 0 Å². The van der Waals surface area contributed by atoms with E-state index in [0.29, 0.717) is 39.8 Å². The highest BCUT2D eigenvalue weighted by Gasteiger charge is 2.26. The Balaban J connectivity index is 1.65. The summed E-state index contributed by atoms with van der Waals surface area (Å²) in [7, 11) is 3.26. The van der Waals surface area contributed by atoms with Gasteiger partial charge in [-0.25, -0.2) is 0 Å². The van der Waals surface area contributed by atoms with E-state index in [-0.39, 0.29) is 11.8 Å². The molecule has 0 unspecified atom stereocenters. The number of hydrogen-bond acceptors (Lipinski definition) is 4. The van der Waals surface area contributed by atoms with Crippen LogP contribution < -0.4 is 19.7 Å². The number of carbonyl (C=O) groups is 2. The van der Waals surface area contributed by atoms with Gasteiger partial charge < -0.3 is 19.7 Å². The number of anilines is 2. The molecule has 1 aliphatic rings. The molecule has 1 aliphatic heterocycles. The van der Waals surface area contributed by atoms with Gasteiger partial charge in [0.05, 0.1) is 18.4 Å². The summed E-state index contributed by atoms with van der Waals surface area (Å²) >= 11 is 0. The van der Waals surface area contributed by atoms with Crippen molar-refractivity contribution >= 4 is 23.2 Å². The maximum atomic E-state index is 13.0. The maximum absolute atomic E-state index is 13.0. The Morgan fingerprint density at radius 3 is 2.62 bits per heavy atom. The number of methoxy groups -OCH3 is 1. The Labute approximate surface area is 168 Å². The second-order valence-corrected chi connectivity index (χ2v) is 6.83. The summed E-state index contributed by atoms with van der Waals surface area (Å²) in [6.45, 7) is 1.96. The Kier molecular flexibility index (Phi) is 4.68. The molecule has 0 bridgehead atoms. The van der Waals surface area contributed by atoms with Gasteiger partial charge in [-0.05, 0) is 61.0 Å². The van der Waals surface area contributed by atoms with Gasteiger partial charge in [0.2, 0.25) is 0 Å². The van der Waals surface area contributed by atoms with E-state index in [1.54, 1.807) is 61.5 Å². The summed E-state index contributed by atoms with van der Waals surface area (Å²) in [5, 5.41) is 2.82. The highest BCUT2D eigenvalue weighted by atomic mass is 16.5. The van der Waals surface area contributed by atoms with E-state index >= 15 is 0 Å². The van der Waals surface area contributed by atoms with Crippen LogP contribution >= 0.6 is 0 Å². The lowest BCUT2D eigenvalue weighted by atomic mass is 10.1. The standard InChI is InChI=1S/C23H20N2O4/c1-14-7-9-21-19(11-14)25(2)23(27)18-13-16(8-10-20(18)29-21)24-22(26)15-5-4-6-17(12-15)28-3/h4-13H,1-3H3,(H,24,26).